The van der Waals surface area contributed by atoms with Gasteiger partial charge in [-0.05, 0) is 60.7 Å². The minimum Gasteiger partial charge on any atom is -0.497 e. The molecule has 0 atom stereocenters. The van der Waals surface area contributed by atoms with Gasteiger partial charge in [-0.3, -0.25) is 4.72 Å². The van der Waals surface area contributed by atoms with E-state index in [1.54, 1.807) is 25.3 Å². The van der Waals surface area contributed by atoms with E-state index in [4.69, 9.17) is 4.74 Å². The summed E-state index contributed by atoms with van der Waals surface area (Å²) in [5, 5.41) is 10.8. The Morgan fingerprint density at radius 3 is 2.08 bits per heavy atom. The molecule has 0 saturated carbocycles. The third kappa shape index (κ3) is 4.25. The van der Waals surface area contributed by atoms with Gasteiger partial charge in [-0.2, -0.15) is 0 Å². The van der Waals surface area contributed by atoms with Gasteiger partial charge in [0.2, 0.25) is 0 Å². The molecule has 1 aromatic heterocycles. The van der Waals surface area contributed by atoms with Crippen molar-refractivity contribution in [1.82, 2.24) is 10.2 Å². The van der Waals surface area contributed by atoms with Crippen molar-refractivity contribution >= 4 is 27.3 Å². The highest BCUT2D eigenvalue weighted by Crippen LogP contribution is 2.19. The molecule has 2 aromatic carbocycles. The third-order valence-corrected chi connectivity index (χ3v) is 4.76. The van der Waals surface area contributed by atoms with Crippen LogP contribution < -0.4 is 14.8 Å². The van der Waals surface area contributed by atoms with Crippen LogP contribution in [0.15, 0.2) is 65.6 Å². The van der Waals surface area contributed by atoms with Gasteiger partial charge in [0.15, 0.2) is 11.6 Å². The van der Waals surface area contributed by atoms with Crippen LogP contribution in [-0.2, 0) is 10.0 Å². The van der Waals surface area contributed by atoms with Crippen molar-refractivity contribution in [2.45, 2.75) is 4.90 Å². The predicted molar refractivity (Wildman–Crippen MR) is 95.5 cm³/mol. The second-order valence-electron chi connectivity index (χ2n) is 5.22. The van der Waals surface area contributed by atoms with Crippen molar-refractivity contribution in [3.63, 3.8) is 0 Å². The zero-order valence-electron chi connectivity index (χ0n) is 13.7. The smallest absolute Gasteiger partial charge is 0.263 e. The van der Waals surface area contributed by atoms with Crippen molar-refractivity contribution in [3.8, 4) is 5.75 Å². The molecule has 3 rings (SSSR count). The van der Waals surface area contributed by atoms with Crippen LogP contribution in [0.25, 0.3) is 0 Å². The van der Waals surface area contributed by atoms with E-state index in [0.29, 0.717) is 5.82 Å². The summed E-state index contributed by atoms with van der Waals surface area (Å²) < 4.78 is 44.7. The molecule has 3 aromatic rings. The number of aromatic nitrogens is 2. The number of sulfonamides is 1. The number of ether oxygens (including phenoxy) is 1. The van der Waals surface area contributed by atoms with Gasteiger partial charge in [-0.25, -0.2) is 12.8 Å². The number of benzene rings is 2. The highest BCUT2D eigenvalue weighted by atomic mass is 32.2. The lowest BCUT2D eigenvalue weighted by molar-refractivity contribution is 0.415. The molecule has 0 unspecified atom stereocenters. The SMILES string of the molecule is COc1ccc(Nc2ccc(NS(=O)(=O)c3ccc(F)cc3)nn2)cc1. The van der Waals surface area contributed by atoms with Crippen LogP contribution >= 0.6 is 0 Å². The first-order chi connectivity index (χ1) is 12.5. The lowest BCUT2D eigenvalue weighted by Crippen LogP contribution is -2.14. The van der Waals surface area contributed by atoms with Gasteiger partial charge >= 0.3 is 0 Å². The second kappa shape index (κ2) is 7.36. The van der Waals surface area contributed by atoms with E-state index in [0.717, 1.165) is 23.6 Å². The summed E-state index contributed by atoms with van der Waals surface area (Å²) >= 11 is 0. The fraction of sp³-hybridized carbons (Fsp3) is 0.0588. The lowest BCUT2D eigenvalue weighted by atomic mass is 10.3. The summed E-state index contributed by atoms with van der Waals surface area (Å²) in [5.41, 5.74) is 0.778. The molecule has 2 N–H and O–H groups in total. The molecule has 0 saturated heterocycles. The van der Waals surface area contributed by atoms with Gasteiger partial charge in [-0.1, -0.05) is 0 Å². The molecule has 7 nitrogen and oxygen atoms in total. The van der Waals surface area contributed by atoms with Crippen LogP contribution in [0.3, 0.4) is 0 Å². The average molecular weight is 374 g/mol. The summed E-state index contributed by atoms with van der Waals surface area (Å²) in [4.78, 5) is -0.0684. The Balaban J connectivity index is 1.69. The number of hydrogen-bond donors (Lipinski definition) is 2. The molecule has 0 amide bonds. The number of rotatable bonds is 6. The fourth-order valence-electron chi connectivity index (χ4n) is 2.09. The van der Waals surface area contributed by atoms with Gasteiger partial charge in [0.1, 0.15) is 11.6 Å². The van der Waals surface area contributed by atoms with E-state index >= 15 is 0 Å². The van der Waals surface area contributed by atoms with E-state index in [1.165, 1.54) is 18.2 Å². The normalized spacial score (nSPS) is 11.0. The van der Waals surface area contributed by atoms with Crippen LogP contribution in [0.1, 0.15) is 0 Å². The van der Waals surface area contributed by atoms with Crippen LogP contribution in [0, 0.1) is 5.82 Å². The molecular weight excluding hydrogens is 359 g/mol. The van der Waals surface area contributed by atoms with Crippen LogP contribution in [0.2, 0.25) is 0 Å². The molecule has 9 heteroatoms. The van der Waals surface area contributed by atoms with Gasteiger partial charge < -0.3 is 10.1 Å². The van der Waals surface area contributed by atoms with Gasteiger partial charge in [0.25, 0.3) is 10.0 Å². The van der Waals surface area contributed by atoms with Crippen LogP contribution in [-0.4, -0.2) is 25.7 Å². The summed E-state index contributed by atoms with van der Waals surface area (Å²) in [7, 11) is -2.28. The molecule has 0 aliphatic carbocycles. The Labute approximate surface area is 149 Å². The van der Waals surface area contributed by atoms with Gasteiger partial charge in [0, 0.05) is 5.69 Å². The number of hydrogen-bond acceptors (Lipinski definition) is 6. The average Bonchev–Trinajstić information content (AvgIpc) is 2.64. The first-order valence-electron chi connectivity index (χ1n) is 7.49. The quantitative estimate of drug-likeness (QED) is 0.688. The van der Waals surface area contributed by atoms with Crippen LogP contribution in [0.5, 0.6) is 5.75 Å². The predicted octanol–water partition coefficient (Wildman–Crippen LogP) is 3.17. The monoisotopic (exact) mass is 374 g/mol. The van der Waals surface area contributed by atoms with Crippen molar-refractivity contribution in [2.24, 2.45) is 0 Å². The number of methoxy groups -OCH3 is 1. The van der Waals surface area contributed by atoms with Crippen molar-refractivity contribution in [3.05, 3.63) is 66.5 Å². The Bertz CT molecular complexity index is 976. The molecule has 1 heterocycles. The zero-order valence-corrected chi connectivity index (χ0v) is 14.5. The largest absolute Gasteiger partial charge is 0.497 e. The molecule has 134 valence electrons. The van der Waals surface area contributed by atoms with Crippen LogP contribution in [0.4, 0.5) is 21.7 Å². The first-order valence-corrected chi connectivity index (χ1v) is 8.98. The van der Waals surface area contributed by atoms with Gasteiger partial charge in [-0.15, -0.1) is 10.2 Å². The van der Waals surface area contributed by atoms with Crippen molar-refractivity contribution < 1.29 is 17.5 Å². The Morgan fingerprint density at radius 2 is 1.50 bits per heavy atom. The van der Waals surface area contributed by atoms with E-state index < -0.39 is 15.8 Å². The molecule has 0 radical (unpaired) electrons. The molecule has 0 aliphatic heterocycles. The maximum absolute atomic E-state index is 12.9. The van der Waals surface area contributed by atoms with Gasteiger partial charge in [0.05, 0.1) is 12.0 Å². The Kier molecular flexibility index (Phi) is 4.99. The maximum atomic E-state index is 12.9. The lowest BCUT2D eigenvalue weighted by Gasteiger charge is -2.08. The molecule has 0 aliphatic rings. The van der Waals surface area contributed by atoms with E-state index in [-0.39, 0.29) is 10.7 Å². The van der Waals surface area contributed by atoms with Crippen molar-refractivity contribution in [2.75, 3.05) is 17.1 Å². The minimum atomic E-state index is -3.86. The number of nitrogens with one attached hydrogen (secondary N) is 2. The minimum absolute atomic E-state index is 0.0506. The Hall–Kier alpha value is -3.20. The van der Waals surface area contributed by atoms with E-state index in [9.17, 15) is 12.8 Å². The third-order valence-electron chi connectivity index (χ3n) is 3.39. The summed E-state index contributed by atoms with van der Waals surface area (Å²) in [6.45, 7) is 0. The molecule has 0 fully saturated rings. The maximum Gasteiger partial charge on any atom is 0.263 e. The topological polar surface area (TPSA) is 93.2 Å². The number of halogens is 1. The molecule has 26 heavy (non-hydrogen) atoms. The summed E-state index contributed by atoms with van der Waals surface area (Å²) in [6, 6.07) is 14.7. The summed E-state index contributed by atoms with van der Waals surface area (Å²) in [6.07, 6.45) is 0. The Morgan fingerprint density at radius 1 is 0.885 bits per heavy atom. The standard InChI is InChI=1S/C17H15FN4O3S/c1-25-14-6-4-13(5-7-14)19-16-10-11-17(21-20-16)22-26(23,24)15-8-2-12(18)3-9-15/h2-11H,1H3,(H,19,20)(H,21,22). The number of anilines is 3. The highest BCUT2D eigenvalue weighted by molar-refractivity contribution is 7.92. The molecular formula is C17H15FN4O3S. The summed E-state index contributed by atoms with van der Waals surface area (Å²) in [5.74, 6) is 0.708. The van der Waals surface area contributed by atoms with Crippen molar-refractivity contribution in [1.29, 1.82) is 0 Å². The van der Waals surface area contributed by atoms with E-state index in [2.05, 4.69) is 20.2 Å². The highest BCUT2D eigenvalue weighted by Gasteiger charge is 2.15. The first kappa shape index (κ1) is 17.6. The second-order valence-corrected chi connectivity index (χ2v) is 6.90. The van der Waals surface area contributed by atoms with E-state index in [1.807, 2.05) is 12.1 Å². The zero-order chi connectivity index (χ0) is 18.6. The number of nitrogens with zero attached hydrogens (tertiary/aromatic N) is 2. The fourth-order valence-corrected chi connectivity index (χ4v) is 3.08. The molecule has 0 bridgehead atoms. The molecule has 0 spiro atoms.